The molecule has 1 fully saturated rings. The molecule has 29 heavy (non-hydrogen) atoms. The molecule has 0 radical (unpaired) electrons. The third-order valence-corrected chi connectivity index (χ3v) is 4.68. The van der Waals surface area contributed by atoms with Gasteiger partial charge in [-0.1, -0.05) is 6.07 Å². The monoisotopic (exact) mass is 401 g/mol. The van der Waals surface area contributed by atoms with Gasteiger partial charge in [-0.3, -0.25) is 4.98 Å². The summed E-state index contributed by atoms with van der Waals surface area (Å²) in [5.74, 6) is -0.566. The third kappa shape index (κ3) is 5.30. The first kappa shape index (κ1) is 21.2. The molecule has 154 valence electrons. The number of aromatic nitrogens is 1. The van der Waals surface area contributed by atoms with Crippen molar-refractivity contribution in [1.29, 1.82) is 0 Å². The topological polar surface area (TPSA) is 95.2 Å². The Labute approximate surface area is 169 Å². The predicted molar refractivity (Wildman–Crippen MR) is 111 cm³/mol. The fourth-order valence-electron chi connectivity index (χ4n) is 3.45. The van der Waals surface area contributed by atoms with Gasteiger partial charge >= 0.3 is 13.2 Å². The van der Waals surface area contributed by atoms with E-state index in [-0.39, 0.29) is 16.9 Å². The van der Waals surface area contributed by atoms with Gasteiger partial charge in [-0.15, -0.1) is 0 Å². The highest BCUT2D eigenvalue weighted by atomic mass is 19.1. The molecule has 0 saturated carbocycles. The first-order valence-corrected chi connectivity index (χ1v) is 9.60. The number of halogens is 1. The van der Waals surface area contributed by atoms with Crippen LogP contribution in [0.5, 0.6) is 0 Å². The summed E-state index contributed by atoms with van der Waals surface area (Å²) < 4.78 is 19.6. The molecule has 2 aromatic rings. The van der Waals surface area contributed by atoms with Crippen LogP contribution in [-0.2, 0) is 4.74 Å². The molecular weight excluding hydrogens is 376 g/mol. The Morgan fingerprint density at radius 1 is 1.41 bits per heavy atom. The van der Waals surface area contributed by atoms with Gasteiger partial charge < -0.3 is 19.7 Å². The van der Waals surface area contributed by atoms with Crippen molar-refractivity contribution in [1.82, 2.24) is 4.98 Å². The molecule has 1 aromatic carbocycles. The summed E-state index contributed by atoms with van der Waals surface area (Å²) in [6, 6.07) is 4.41. The first-order chi connectivity index (χ1) is 13.6. The van der Waals surface area contributed by atoms with Crippen molar-refractivity contribution in [3.63, 3.8) is 0 Å². The number of anilines is 1. The fourth-order valence-corrected chi connectivity index (χ4v) is 3.45. The fraction of sp³-hybridized carbons (Fsp3) is 0.450. The number of rotatable bonds is 3. The first-order valence-electron chi connectivity index (χ1n) is 9.60. The van der Waals surface area contributed by atoms with Crippen molar-refractivity contribution in [3.8, 4) is 0 Å². The Morgan fingerprint density at radius 2 is 2.17 bits per heavy atom. The van der Waals surface area contributed by atoms with E-state index in [9.17, 15) is 19.2 Å². The normalized spacial score (nSPS) is 17.7. The van der Waals surface area contributed by atoms with Crippen LogP contribution in [0.3, 0.4) is 0 Å². The van der Waals surface area contributed by atoms with Gasteiger partial charge in [-0.2, -0.15) is 4.99 Å². The highest BCUT2D eigenvalue weighted by Gasteiger charge is 2.23. The average Bonchev–Trinajstić information content (AvgIpc) is 2.65. The second-order valence-electron chi connectivity index (χ2n) is 8.21. The zero-order valence-corrected chi connectivity index (χ0v) is 16.8. The molecule has 0 bridgehead atoms. The molecule has 1 aliphatic heterocycles. The van der Waals surface area contributed by atoms with Crippen LogP contribution in [0.25, 0.3) is 10.9 Å². The largest absolute Gasteiger partial charge is 0.488 e. The van der Waals surface area contributed by atoms with Gasteiger partial charge in [0.25, 0.3) is 0 Å². The number of pyridine rings is 1. The third-order valence-electron chi connectivity index (χ3n) is 4.68. The summed E-state index contributed by atoms with van der Waals surface area (Å²) in [6.07, 6.45) is 4.29. The Morgan fingerprint density at radius 3 is 2.86 bits per heavy atom. The molecule has 1 aliphatic rings. The van der Waals surface area contributed by atoms with Crippen molar-refractivity contribution < 1.29 is 24.0 Å². The smallest absolute Gasteiger partial charge is 0.442 e. The van der Waals surface area contributed by atoms with Crippen LogP contribution in [0.2, 0.25) is 0 Å². The van der Waals surface area contributed by atoms with Crippen molar-refractivity contribution >= 4 is 41.5 Å². The number of hydrogen-bond acceptors (Lipinski definition) is 6. The number of nitrogens with zero attached hydrogens (tertiary/aromatic N) is 3. The number of piperidine rings is 1. The van der Waals surface area contributed by atoms with E-state index in [0.717, 1.165) is 31.1 Å². The summed E-state index contributed by atoms with van der Waals surface area (Å²) in [6.45, 7) is 6.71. The van der Waals surface area contributed by atoms with E-state index in [0.29, 0.717) is 11.9 Å². The lowest BCUT2D eigenvalue weighted by atomic mass is 9.79. The SMILES string of the molecule is CC(C)(C)OC(=O)/N=C/C1CCCN(c2ccnc3c(F)cc(B(O)O)cc23)C1. The minimum atomic E-state index is -1.77. The zero-order chi connectivity index (χ0) is 21.2. The number of aliphatic imine (C=N–C) groups is 1. The standard InChI is InChI=1S/C20H25BFN3O4/c1-20(2,3)29-19(26)24-11-13-5-4-8-25(12-13)17-6-7-23-18-15(17)9-14(21(27)28)10-16(18)22/h6-7,9-11,13,27-28H,4-5,8,12H2,1-3H3/b24-11+. The van der Waals surface area contributed by atoms with Gasteiger partial charge in [-0.25, -0.2) is 9.18 Å². The van der Waals surface area contributed by atoms with Crippen molar-refractivity contribution in [2.45, 2.75) is 39.2 Å². The zero-order valence-electron chi connectivity index (χ0n) is 16.8. The van der Waals surface area contributed by atoms with Crippen molar-refractivity contribution in [2.75, 3.05) is 18.0 Å². The number of carbonyl (C=O) groups is 1. The number of carbonyl (C=O) groups excluding carboxylic acids is 1. The van der Waals surface area contributed by atoms with E-state index in [1.54, 1.807) is 39.1 Å². The van der Waals surface area contributed by atoms with Crippen molar-refractivity contribution in [2.24, 2.45) is 10.9 Å². The Hall–Kier alpha value is -2.52. The quantitative estimate of drug-likeness (QED) is 0.605. The molecule has 0 aliphatic carbocycles. The van der Waals surface area contributed by atoms with Crippen molar-refractivity contribution in [3.05, 3.63) is 30.2 Å². The van der Waals surface area contributed by atoms with Gasteiger partial charge in [0.05, 0.1) is 0 Å². The molecular formula is C20H25BFN3O4. The van der Waals surface area contributed by atoms with E-state index >= 15 is 0 Å². The molecule has 7 nitrogen and oxygen atoms in total. The van der Waals surface area contributed by atoms with Crippen LogP contribution >= 0.6 is 0 Å². The summed E-state index contributed by atoms with van der Waals surface area (Å²) in [5.41, 5.74) is 0.412. The van der Waals surface area contributed by atoms with Gasteiger partial charge in [0, 0.05) is 42.5 Å². The molecule has 1 amide bonds. The Balaban J connectivity index is 1.83. The Kier molecular flexibility index (Phi) is 6.19. The molecule has 1 atom stereocenters. The number of ether oxygens (including phenoxy) is 1. The van der Waals surface area contributed by atoms with Gasteiger partial charge in [0.2, 0.25) is 0 Å². The lowest BCUT2D eigenvalue weighted by Crippen LogP contribution is -2.36. The number of benzene rings is 1. The van der Waals surface area contributed by atoms with E-state index in [2.05, 4.69) is 14.9 Å². The van der Waals surface area contributed by atoms with Crippen LogP contribution in [0.15, 0.2) is 29.4 Å². The minimum absolute atomic E-state index is 0.0379. The highest BCUT2D eigenvalue weighted by Crippen LogP contribution is 2.29. The molecule has 2 heterocycles. The molecule has 1 unspecified atom stereocenters. The second-order valence-corrected chi connectivity index (χ2v) is 8.21. The minimum Gasteiger partial charge on any atom is -0.442 e. The number of fused-ring (bicyclic) bond motifs is 1. The highest BCUT2D eigenvalue weighted by molar-refractivity contribution is 6.59. The van der Waals surface area contributed by atoms with Gasteiger partial charge in [-0.05, 0) is 51.2 Å². The molecule has 1 saturated heterocycles. The maximum atomic E-state index is 14.4. The summed E-state index contributed by atoms with van der Waals surface area (Å²) in [7, 11) is -1.77. The molecule has 1 aromatic heterocycles. The average molecular weight is 401 g/mol. The number of amides is 1. The van der Waals surface area contributed by atoms with E-state index in [4.69, 9.17) is 4.74 Å². The summed E-state index contributed by atoms with van der Waals surface area (Å²) in [5, 5.41) is 19.4. The van der Waals surface area contributed by atoms with E-state index in [1.165, 1.54) is 6.20 Å². The molecule has 2 N–H and O–H groups in total. The van der Waals surface area contributed by atoms with Gasteiger partial charge in [0.1, 0.15) is 16.9 Å². The van der Waals surface area contributed by atoms with E-state index in [1.807, 2.05) is 0 Å². The van der Waals surface area contributed by atoms with Crippen LogP contribution in [0, 0.1) is 11.7 Å². The van der Waals surface area contributed by atoms with Crippen LogP contribution in [0.4, 0.5) is 14.9 Å². The molecule has 3 rings (SSSR count). The summed E-state index contributed by atoms with van der Waals surface area (Å²) >= 11 is 0. The lowest BCUT2D eigenvalue weighted by Gasteiger charge is -2.33. The van der Waals surface area contributed by atoms with Crippen LogP contribution in [-0.4, -0.2) is 53.1 Å². The van der Waals surface area contributed by atoms with Gasteiger partial charge in [0.15, 0.2) is 0 Å². The maximum Gasteiger partial charge on any atom is 0.488 e. The molecule has 9 heteroatoms. The van der Waals surface area contributed by atoms with Crippen LogP contribution < -0.4 is 10.4 Å². The number of hydrogen-bond donors (Lipinski definition) is 2. The maximum absolute atomic E-state index is 14.4. The van der Waals surface area contributed by atoms with Crippen LogP contribution in [0.1, 0.15) is 33.6 Å². The Bertz CT molecular complexity index is 930. The lowest BCUT2D eigenvalue weighted by molar-refractivity contribution is 0.0604. The predicted octanol–water partition coefficient (Wildman–Crippen LogP) is 2.28. The summed E-state index contributed by atoms with van der Waals surface area (Å²) in [4.78, 5) is 21.9. The molecule has 0 spiro atoms. The van der Waals surface area contributed by atoms with E-state index < -0.39 is 24.6 Å². The second kappa shape index (κ2) is 8.46.